The molecule has 28 heavy (non-hydrogen) atoms. The fourth-order valence-corrected chi connectivity index (χ4v) is 5.20. The van der Waals surface area contributed by atoms with Crippen LogP contribution in [0.5, 0.6) is 0 Å². The standard InChI is InChI=1S/C24H26N4/c1-2-11-26-13-4-14-28-23-10-8-18(15-22(23)25-24(28)16-21(26)5-1)19-7-9-20-6-3-12-27(20)17-19/h3,6-10,12,15,17,21H,1-2,4-5,11,13-14,16H2/t21-/m0/s1. The molecule has 2 aliphatic rings. The van der Waals surface area contributed by atoms with Crippen LogP contribution in [0.15, 0.2) is 54.9 Å². The second-order valence-corrected chi connectivity index (χ2v) is 8.38. The highest BCUT2D eigenvalue weighted by atomic mass is 15.2. The maximum atomic E-state index is 5.11. The van der Waals surface area contributed by atoms with Crippen LogP contribution in [-0.4, -0.2) is 38.0 Å². The largest absolute Gasteiger partial charge is 0.328 e. The second kappa shape index (κ2) is 6.49. The first-order chi connectivity index (χ1) is 13.8. The van der Waals surface area contributed by atoms with Gasteiger partial charge in [-0.1, -0.05) is 18.6 Å². The van der Waals surface area contributed by atoms with Crippen molar-refractivity contribution in [2.75, 3.05) is 13.1 Å². The van der Waals surface area contributed by atoms with Crippen LogP contribution in [0.25, 0.3) is 27.7 Å². The van der Waals surface area contributed by atoms with Crippen LogP contribution in [0, 0.1) is 0 Å². The van der Waals surface area contributed by atoms with E-state index in [0.717, 1.165) is 18.5 Å². The lowest BCUT2D eigenvalue weighted by atomic mass is 9.98. The van der Waals surface area contributed by atoms with Gasteiger partial charge in [-0.25, -0.2) is 4.98 Å². The van der Waals surface area contributed by atoms with E-state index in [1.165, 1.54) is 66.8 Å². The highest BCUT2D eigenvalue weighted by Gasteiger charge is 2.26. The molecule has 0 bridgehead atoms. The molecule has 5 heterocycles. The van der Waals surface area contributed by atoms with E-state index in [0.29, 0.717) is 6.04 Å². The van der Waals surface area contributed by atoms with E-state index in [1.807, 2.05) is 0 Å². The molecule has 0 aliphatic carbocycles. The van der Waals surface area contributed by atoms with Crippen molar-refractivity contribution in [2.45, 2.75) is 44.7 Å². The third-order valence-electron chi connectivity index (χ3n) is 6.68. The molecule has 0 N–H and O–H groups in total. The smallest absolute Gasteiger partial charge is 0.111 e. The Morgan fingerprint density at radius 2 is 1.82 bits per heavy atom. The minimum atomic E-state index is 0.681. The van der Waals surface area contributed by atoms with Gasteiger partial charge in [-0.3, -0.25) is 4.90 Å². The van der Waals surface area contributed by atoms with Gasteiger partial charge in [0.1, 0.15) is 5.82 Å². The van der Waals surface area contributed by atoms with Gasteiger partial charge in [0.05, 0.1) is 11.0 Å². The van der Waals surface area contributed by atoms with Gasteiger partial charge in [0, 0.05) is 43.5 Å². The van der Waals surface area contributed by atoms with Crippen LogP contribution in [-0.2, 0) is 13.0 Å². The van der Waals surface area contributed by atoms with E-state index >= 15 is 0 Å². The van der Waals surface area contributed by atoms with Gasteiger partial charge >= 0.3 is 0 Å². The Kier molecular flexibility index (Phi) is 3.79. The van der Waals surface area contributed by atoms with E-state index in [9.17, 15) is 0 Å². The average Bonchev–Trinajstić information content (AvgIpc) is 3.30. The van der Waals surface area contributed by atoms with Gasteiger partial charge in [0.15, 0.2) is 0 Å². The van der Waals surface area contributed by atoms with Crippen LogP contribution in [0.2, 0.25) is 0 Å². The fraction of sp³-hybridized carbons (Fsp3) is 0.375. The Morgan fingerprint density at radius 3 is 2.82 bits per heavy atom. The quantitative estimate of drug-likeness (QED) is 0.483. The summed E-state index contributed by atoms with van der Waals surface area (Å²) in [4.78, 5) is 7.83. The van der Waals surface area contributed by atoms with Crippen LogP contribution < -0.4 is 0 Å². The van der Waals surface area contributed by atoms with Crippen molar-refractivity contribution in [3.63, 3.8) is 0 Å². The summed E-state index contributed by atoms with van der Waals surface area (Å²) >= 11 is 0. The molecule has 2 aliphatic heterocycles. The molecule has 1 atom stereocenters. The number of imidazole rings is 1. The molecule has 0 spiro atoms. The van der Waals surface area contributed by atoms with E-state index in [4.69, 9.17) is 4.98 Å². The number of hydrogen-bond donors (Lipinski definition) is 0. The molecule has 0 saturated carbocycles. The maximum Gasteiger partial charge on any atom is 0.111 e. The first-order valence-corrected chi connectivity index (χ1v) is 10.7. The molecule has 1 fully saturated rings. The number of aryl methyl sites for hydroxylation is 1. The first-order valence-electron chi connectivity index (χ1n) is 10.7. The topological polar surface area (TPSA) is 25.5 Å². The van der Waals surface area contributed by atoms with E-state index < -0.39 is 0 Å². The summed E-state index contributed by atoms with van der Waals surface area (Å²) in [6, 6.07) is 16.1. The fourth-order valence-electron chi connectivity index (χ4n) is 5.20. The summed E-state index contributed by atoms with van der Waals surface area (Å²) in [5, 5.41) is 0. The second-order valence-electron chi connectivity index (χ2n) is 8.38. The molecule has 4 nitrogen and oxygen atoms in total. The van der Waals surface area contributed by atoms with E-state index in [-0.39, 0.29) is 0 Å². The number of fused-ring (bicyclic) bond motifs is 5. The summed E-state index contributed by atoms with van der Waals surface area (Å²) in [6.45, 7) is 3.60. The highest BCUT2D eigenvalue weighted by Crippen LogP contribution is 2.29. The summed E-state index contributed by atoms with van der Waals surface area (Å²) in [6.07, 6.45) is 10.7. The molecule has 6 rings (SSSR count). The Labute approximate surface area is 165 Å². The summed E-state index contributed by atoms with van der Waals surface area (Å²) in [7, 11) is 0. The normalized spacial score (nSPS) is 20.6. The van der Waals surface area contributed by atoms with Gasteiger partial charge in [-0.2, -0.15) is 0 Å². The number of pyridine rings is 1. The summed E-state index contributed by atoms with van der Waals surface area (Å²) in [5.41, 5.74) is 6.15. The summed E-state index contributed by atoms with van der Waals surface area (Å²) in [5.74, 6) is 1.28. The van der Waals surface area contributed by atoms with Crippen molar-refractivity contribution in [1.29, 1.82) is 0 Å². The van der Waals surface area contributed by atoms with Gasteiger partial charge in [0.2, 0.25) is 0 Å². The number of nitrogens with zero attached hydrogens (tertiary/aromatic N) is 4. The van der Waals surface area contributed by atoms with Gasteiger partial charge < -0.3 is 8.97 Å². The number of aromatic nitrogens is 3. The predicted octanol–water partition coefficient (Wildman–Crippen LogP) is 4.76. The zero-order chi connectivity index (χ0) is 18.5. The van der Waals surface area contributed by atoms with Crippen molar-refractivity contribution in [1.82, 2.24) is 18.9 Å². The molecular formula is C24H26N4. The zero-order valence-electron chi connectivity index (χ0n) is 16.2. The Morgan fingerprint density at radius 1 is 0.893 bits per heavy atom. The molecule has 0 radical (unpaired) electrons. The van der Waals surface area contributed by atoms with Crippen molar-refractivity contribution >= 4 is 16.6 Å². The SMILES string of the molecule is c1cc2ccc(-c3ccc4c(c3)nc3n4CCCN4CCCC[C@H]4C3)cn2c1. The lowest BCUT2D eigenvalue weighted by Gasteiger charge is -2.37. The molecule has 3 aromatic heterocycles. The van der Waals surface area contributed by atoms with E-state index in [2.05, 4.69) is 68.7 Å². The maximum absolute atomic E-state index is 5.11. The Balaban J connectivity index is 1.41. The number of piperidine rings is 1. The molecule has 1 saturated heterocycles. The Bertz CT molecular complexity index is 1150. The van der Waals surface area contributed by atoms with Crippen LogP contribution in [0.4, 0.5) is 0 Å². The minimum Gasteiger partial charge on any atom is -0.328 e. The zero-order valence-corrected chi connectivity index (χ0v) is 16.2. The van der Waals surface area contributed by atoms with Crippen molar-refractivity contribution in [3.8, 4) is 11.1 Å². The number of rotatable bonds is 1. The van der Waals surface area contributed by atoms with Gasteiger partial charge in [-0.15, -0.1) is 0 Å². The monoisotopic (exact) mass is 370 g/mol. The molecule has 1 aromatic carbocycles. The van der Waals surface area contributed by atoms with Crippen LogP contribution in [0.1, 0.15) is 31.5 Å². The van der Waals surface area contributed by atoms with Crippen molar-refractivity contribution in [2.24, 2.45) is 0 Å². The average molecular weight is 371 g/mol. The highest BCUT2D eigenvalue weighted by molar-refractivity contribution is 5.83. The number of benzene rings is 1. The van der Waals surface area contributed by atoms with Crippen LogP contribution in [0.3, 0.4) is 0 Å². The molecule has 142 valence electrons. The summed E-state index contributed by atoms with van der Waals surface area (Å²) < 4.78 is 4.67. The van der Waals surface area contributed by atoms with Gasteiger partial charge in [-0.05, 0) is 67.3 Å². The molecule has 4 heteroatoms. The lowest BCUT2D eigenvalue weighted by Crippen LogP contribution is -2.43. The molecule has 0 unspecified atom stereocenters. The van der Waals surface area contributed by atoms with Crippen molar-refractivity contribution < 1.29 is 0 Å². The third-order valence-corrected chi connectivity index (χ3v) is 6.68. The minimum absolute atomic E-state index is 0.681. The third kappa shape index (κ3) is 2.67. The molecule has 4 aromatic rings. The molecular weight excluding hydrogens is 344 g/mol. The Hall–Kier alpha value is -2.59. The first kappa shape index (κ1) is 16.4. The van der Waals surface area contributed by atoms with Crippen molar-refractivity contribution in [3.05, 3.63) is 60.7 Å². The van der Waals surface area contributed by atoms with Gasteiger partial charge in [0.25, 0.3) is 0 Å². The predicted molar refractivity (Wildman–Crippen MR) is 114 cm³/mol. The number of hydrogen-bond acceptors (Lipinski definition) is 2. The van der Waals surface area contributed by atoms with E-state index in [1.54, 1.807) is 0 Å². The van der Waals surface area contributed by atoms with Crippen LogP contribution >= 0.6 is 0 Å². The molecule has 0 amide bonds. The lowest BCUT2D eigenvalue weighted by molar-refractivity contribution is 0.135.